The van der Waals surface area contributed by atoms with Crippen LogP contribution in [0, 0.1) is 0 Å². The van der Waals surface area contributed by atoms with E-state index in [1.165, 1.54) is 0 Å². The molecule has 1 aromatic heterocycles. The molecule has 0 aliphatic rings. The number of carbonyl (C=O) groups excluding carboxylic acids is 1. The van der Waals surface area contributed by atoms with Gasteiger partial charge in [-0.15, -0.1) is 0 Å². The lowest BCUT2D eigenvalue weighted by Gasteiger charge is -2.02. The van der Waals surface area contributed by atoms with Gasteiger partial charge in [-0.05, 0) is 17.5 Å². The second kappa shape index (κ2) is 3.66. The first kappa shape index (κ1) is 10.7. The summed E-state index contributed by atoms with van der Waals surface area (Å²) < 4.78 is 36.1. The van der Waals surface area contributed by atoms with Gasteiger partial charge in [0.05, 0.1) is 6.42 Å². The Hall–Kier alpha value is -1.78. The third-order valence-corrected chi connectivity index (χ3v) is 2.25. The molecule has 2 nitrogen and oxygen atoms in total. The van der Waals surface area contributed by atoms with Crippen molar-refractivity contribution in [3.8, 4) is 0 Å². The third-order valence-electron chi connectivity index (χ3n) is 2.25. The van der Waals surface area contributed by atoms with E-state index in [1.54, 1.807) is 30.3 Å². The first-order valence-electron chi connectivity index (χ1n) is 4.63. The topological polar surface area (TPSA) is 32.9 Å². The number of benzene rings is 1. The summed E-state index contributed by atoms with van der Waals surface area (Å²) in [5.41, 5.74) is 1.01. The van der Waals surface area contributed by atoms with Gasteiger partial charge >= 0.3 is 6.18 Å². The number of alkyl halides is 3. The van der Waals surface area contributed by atoms with Crippen molar-refractivity contribution >= 4 is 16.7 Å². The highest BCUT2D eigenvalue weighted by Gasteiger charge is 2.37. The van der Waals surface area contributed by atoms with Crippen LogP contribution in [-0.2, 0) is 11.2 Å². The van der Waals surface area contributed by atoms with Crippen LogP contribution in [0.15, 0.2) is 30.3 Å². The van der Waals surface area contributed by atoms with Gasteiger partial charge < -0.3 is 4.98 Å². The van der Waals surface area contributed by atoms with Gasteiger partial charge in [0.2, 0.25) is 5.78 Å². The summed E-state index contributed by atoms with van der Waals surface area (Å²) in [5, 5.41) is 0.799. The second-order valence-corrected chi connectivity index (χ2v) is 3.48. The summed E-state index contributed by atoms with van der Waals surface area (Å²) in [7, 11) is 0. The predicted molar refractivity (Wildman–Crippen MR) is 53.1 cm³/mol. The predicted octanol–water partition coefficient (Wildman–Crippen LogP) is 2.84. The first-order chi connectivity index (χ1) is 7.47. The molecule has 2 rings (SSSR count). The fraction of sp³-hybridized carbons (Fsp3) is 0.182. The smallest absolute Gasteiger partial charge is 0.358 e. The average molecular weight is 227 g/mol. The van der Waals surface area contributed by atoms with Gasteiger partial charge in [-0.3, -0.25) is 4.79 Å². The highest BCUT2D eigenvalue weighted by Crippen LogP contribution is 2.20. The summed E-state index contributed by atoms with van der Waals surface area (Å²) in [4.78, 5) is 13.5. The Morgan fingerprint density at radius 3 is 2.56 bits per heavy atom. The standard InChI is InChI=1S/C11H8F3NO/c12-11(13,14)10(16)6-8-5-7-3-1-2-4-9(7)15-8/h1-5,15H,6H2. The maximum Gasteiger partial charge on any atom is 0.450 e. The summed E-state index contributed by atoms with van der Waals surface area (Å²) in [5.74, 6) is -1.74. The SMILES string of the molecule is O=C(Cc1cc2ccccc2[nH]1)C(F)(F)F. The summed E-state index contributed by atoms with van der Waals surface area (Å²) >= 11 is 0. The van der Waals surface area contributed by atoms with Crippen molar-refractivity contribution in [2.24, 2.45) is 0 Å². The van der Waals surface area contributed by atoms with Crippen molar-refractivity contribution in [3.63, 3.8) is 0 Å². The van der Waals surface area contributed by atoms with E-state index in [2.05, 4.69) is 4.98 Å². The molecule has 0 saturated heterocycles. The van der Waals surface area contributed by atoms with Crippen LogP contribution in [-0.4, -0.2) is 16.9 Å². The molecule has 84 valence electrons. The molecule has 0 atom stereocenters. The monoisotopic (exact) mass is 227 g/mol. The molecule has 0 bridgehead atoms. The van der Waals surface area contributed by atoms with Crippen LogP contribution >= 0.6 is 0 Å². The summed E-state index contributed by atoms with van der Waals surface area (Å²) in [6.07, 6.45) is -5.41. The molecule has 5 heteroatoms. The number of Topliss-reactive ketones (excluding diaryl/α,β-unsaturated/α-hetero) is 1. The third kappa shape index (κ3) is 2.08. The molecule has 16 heavy (non-hydrogen) atoms. The van der Waals surface area contributed by atoms with E-state index in [9.17, 15) is 18.0 Å². The zero-order chi connectivity index (χ0) is 11.8. The van der Waals surface area contributed by atoms with Crippen LogP contribution in [0.5, 0.6) is 0 Å². The normalized spacial score (nSPS) is 11.9. The molecule has 0 aliphatic heterocycles. The van der Waals surface area contributed by atoms with E-state index >= 15 is 0 Å². The summed E-state index contributed by atoms with van der Waals surface area (Å²) in [6, 6.07) is 8.63. The maximum absolute atomic E-state index is 12.0. The highest BCUT2D eigenvalue weighted by atomic mass is 19.4. The van der Waals surface area contributed by atoms with E-state index in [0.717, 1.165) is 10.9 Å². The average Bonchev–Trinajstić information content (AvgIpc) is 2.58. The van der Waals surface area contributed by atoms with E-state index < -0.39 is 18.4 Å². The van der Waals surface area contributed by atoms with E-state index in [4.69, 9.17) is 0 Å². The Bertz CT molecular complexity index is 494. The van der Waals surface area contributed by atoms with Gasteiger partial charge in [0, 0.05) is 11.2 Å². The Labute approximate surface area is 89.1 Å². The van der Waals surface area contributed by atoms with Crippen molar-refractivity contribution in [2.75, 3.05) is 0 Å². The molecule has 0 aliphatic carbocycles. The van der Waals surface area contributed by atoms with Gasteiger partial charge in [0.25, 0.3) is 0 Å². The molecule has 0 radical (unpaired) electrons. The number of rotatable bonds is 2. The Kier molecular flexibility index (Phi) is 2.46. The number of hydrogen-bond donors (Lipinski definition) is 1. The van der Waals surface area contributed by atoms with Crippen LogP contribution in [0.4, 0.5) is 13.2 Å². The maximum atomic E-state index is 12.0. The quantitative estimate of drug-likeness (QED) is 0.840. The number of hydrogen-bond acceptors (Lipinski definition) is 1. The molecule has 1 N–H and O–H groups in total. The Morgan fingerprint density at radius 1 is 1.25 bits per heavy atom. The highest BCUT2D eigenvalue weighted by molar-refractivity contribution is 5.88. The molecular formula is C11H8F3NO. The fourth-order valence-electron chi connectivity index (χ4n) is 1.50. The van der Waals surface area contributed by atoms with Gasteiger partial charge in [-0.2, -0.15) is 13.2 Å². The van der Waals surface area contributed by atoms with Crippen LogP contribution < -0.4 is 0 Å². The minimum atomic E-state index is -4.77. The number of aromatic amines is 1. The van der Waals surface area contributed by atoms with Crippen molar-refractivity contribution in [1.82, 2.24) is 4.98 Å². The van der Waals surface area contributed by atoms with Gasteiger partial charge in [-0.25, -0.2) is 0 Å². The van der Waals surface area contributed by atoms with E-state index in [-0.39, 0.29) is 5.69 Å². The minimum absolute atomic E-state index is 0.281. The Balaban J connectivity index is 2.25. The molecule has 0 amide bonds. The fourth-order valence-corrected chi connectivity index (χ4v) is 1.50. The van der Waals surface area contributed by atoms with Crippen molar-refractivity contribution in [2.45, 2.75) is 12.6 Å². The number of carbonyl (C=O) groups is 1. The van der Waals surface area contributed by atoms with E-state index in [0.29, 0.717) is 0 Å². The van der Waals surface area contributed by atoms with Crippen molar-refractivity contribution < 1.29 is 18.0 Å². The van der Waals surface area contributed by atoms with Crippen molar-refractivity contribution in [1.29, 1.82) is 0 Å². The number of nitrogens with one attached hydrogen (secondary N) is 1. The van der Waals surface area contributed by atoms with Crippen LogP contribution in [0.25, 0.3) is 10.9 Å². The lowest BCUT2D eigenvalue weighted by Crippen LogP contribution is -2.24. The number of aromatic nitrogens is 1. The molecule has 0 unspecified atom stereocenters. The molecule has 1 aromatic carbocycles. The molecule has 2 aromatic rings. The van der Waals surface area contributed by atoms with E-state index in [1.807, 2.05) is 0 Å². The van der Waals surface area contributed by atoms with Crippen LogP contribution in [0.3, 0.4) is 0 Å². The number of halogens is 3. The number of fused-ring (bicyclic) bond motifs is 1. The molecule has 0 fully saturated rings. The lowest BCUT2D eigenvalue weighted by molar-refractivity contribution is -0.170. The molecule has 1 heterocycles. The van der Waals surface area contributed by atoms with Crippen LogP contribution in [0.2, 0.25) is 0 Å². The van der Waals surface area contributed by atoms with Crippen LogP contribution in [0.1, 0.15) is 5.69 Å². The van der Waals surface area contributed by atoms with Crippen molar-refractivity contribution in [3.05, 3.63) is 36.0 Å². The largest absolute Gasteiger partial charge is 0.450 e. The second-order valence-electron chi connectivity index (χ2n) is 3.48. The zero-order valence-corrected chi connectivity index (χ0v) is 8.14. The lowest BCUT2D eigenvalue weighted by atomic mass is 10.2. The van der Waals surface area contributed by atoms with Gasteiger partial charge in [-0.1, -0.05) is 18.2 Å². The molecule has 0 spiro atoms. The molecule has 0 saturated carbocycles. The number of ketones is 1. The zero-order valence-electron chi connectivity index (χ0n) is 8.14. The summed E-state index contributed by atoms with van der Waals surface area (Å²) in [6.45, 7) is 0. The number of H-pyrrole nitrogens is 1. The van der Waals surface area contributed by atoms with Gasteiger partial charge in [0.1, 0.15) is 0 Å². The van der Waals surface area contributed by atoms with Gasteiger partial charge in [0.15, 0.2) is 0 Å². The minimum Gasteiger partial charge on any atom is -0.358 e. The first-order valence-corrected chi connectivity index (χ1v) is 4.63. The molecular weight excluding hydrogens is 219 g/mol. The Morgan fingerprint density at radius 2 is 1.94 bits per heavy atom. The number of para-hydroxylation sites is 1.